The number of pyridine rings is 1. The quantitative estimate of drug-likeness (QED) is 0.749. The molecule has 26 heavy (non-hydrogen) atoms. The van der Waals surface area contributed by atoms with Crippen molar-refractivity contribution in [2.45, 2.75) is 44.9 Å². The molecule has 2 aliphatic rings. The van der Waals surface area contributed by atoms with Gasteiger partial charge in [0, 0.05) is 25.5 Å². The summed E-state index contributed by atoms with van der Waals surface area (Å²) in [6.07, 6.45) is 13.5. The van der Waals surface area contributed by atoms with Gasteiger partial charge in [0.25, 0.3) is 11.5 Å². The number of nitrogens with zero attached hydrogens (tertiary/aromatic N) is 3. The first-order chi connectivity index (χ1) is 12.7. The van der Waals surface area contributed by atoms with Gasteiger partial charge in [0.15, 0.2) is 0 Å². The lowest BCUT2D eigenvalue weighted by Crippen LogP contribution is -2.38. The van der Waals surface area contributed by atoms with Crippen molar-refractivity contribution >= 4 is 11.6 Å². The fourth-order valence-corrected chi connectivity index (χ4v) is 3.64. The van der Waals surface area contributed by atoms with Gasteiger partial charge in [-0.15, -0.1) is 0 Å². The molecule has 0 unspecified atom stereocenters. The number of allylic oxidation sites excluding steroid dienone is 1. The van der Waals surface area contributed by atoms with E-state index in [1.807, 2.05) is 11.0 Å². The zero-order chi connectivity index (χ0) is 17.9. The van der Waals surface area contributed by atoms with Crippen LogP contribution in [-0.2, 0) is 0 Å². The van der Waals surface area contributed by atoms with E-state index in [9.17, 15) is 9.59 Å². The first-order valence-corrected chi connectivity index (χ1v) is 9.66. The third-order valence-electron chi connectivity index (χ3n) is 5.39. The molecule has 1 saturated carbocycles. The molecule has 1 fully saturated rings. The van der Waals surface area contributed by atoms with Crippen LogP contribution in [0.15, 0.2) is 47.0 Å². The summed E-state index contributed by atoms with van der Waals surface area (Å²) in [5, 5.41) is 0. The van der Waals surface area contributed by atoms with Crippen molar-refractivity contribution in [3.8, 4) is 0 Å². The number of amides is 1. The molecule has 0 aromatic carbocycles. The maximum Gasteiger partial charge on any atom is 0.270 e. The molecule has 0 aliphatic heterocycles. The van der Waals surface area contributed by atoms with Crippen LogP contribution in [0.1, 0.15) is 55.3 Å². The molecule has 136 valence electrons. The summed E-state index contributed by atoms with van der Waals surface area (Å²) >= 11 is 0. The molecular formula is C21H25N3O2. The molecule has 1 amide bonds. The van der Waals surface area contributed by atoms with Crippen LogP contribution in [0.3, 0.4) is 0 Å². The van der Waals surface area contributed by atoms with Crippen molar-refractivity contribution in [2.75, 3.05) is 13.1 Å². The number of fused-ring (bicyclic) bond motifs is 1. The van der Waals surface area contributed by atoms with E-state index in [0.717, 1.165) is 25.8 Å². The summed E-state index contributed by atoms with van der Waals surface area (Å²) in [5.74, 6) is 0.416. The van der Waals surface area contributed by atoms with Gasteiger partial charge in [0.2, 0.25) is 0 Å². The molecule has 2 aromatic rings. The Morgan fingerprint density at radius 2 is 2.15 bits per heavy atom. The molecule has 2 aliphatic carbocycles. The van der Waals surface area contributed by atoms with Crippen LogP contribution in [0, 0.1) is 5.92 Å². The van der Waals surface area contributed by atoms with Crippen LogP contribution >= 0.6 is 0 Å². The van der Waals surface area contributed by atoms with Crippen molar-refractivity contribution in [3.63, 3.8) is 0 Å². The third-order valence-corrected chi connectivity index (χ3v) is 5.39. The minimum atomic E-state index is -0.279. The summed E-state index contributed by atoms with van der Waals surface area (Å²) in [6.45, 7) is 1.45. The van der Waals surface area contributed by atoms with Gasteiger partial charge >= 0.3 is 0 Å². The van der Waals surface area contributed by atoms with Gasteiger partial charge in [-0.25, -0.2) is 4.98 Å². The standard InChI is InChI=1S/C21H25N3O2/c25-20(18-14-22-19-8-4-5-12-24(19)21(18)26)23(15-17-9-10-17)13-11-16-6-2-1-3-7-16/h4-6,8,12,14,17H,1-3,7,9-11,13,15H2. The Kier molecular flexibility index (Phi) is 4.87. The highest BCUT2D eigenvalue weighted by Crippen LogP contribution is 2.30. The van der Waals surface area contributed by atoms with Gasteiger partial charge in [-0.2, -0.15) is 0 Å². The van der Waals surface area contributed by atoms with Crippen LogP contribution < -0.4 is 5.56 Å². The number of hydrogen-bond acceptors (Lipinski definition) is 3. The summed E-state index contributed by atoms with van der Waals surface area (Å²) in [5.41, 5.74) is 1.92. The zero-order valence-corrected chi connectivity index (χ0v) is 15.1. The van der Waals surface area contributed by atoms with Crippen LogP contribution in [0.25, 0.3) is 5.65 Å². The lowest BCUT2D eigenvalue weighted by molar-refractivity contribution is 0.0746. The summed E-state index contributed by atoms with van der Waals surface area (Å²) in [4.78, 5) is 32.0. The van der Waals surface area contributed by atoms with E-state index < -0.39 is 0 Å². The van der Waals surface area contributed by atoms with Gasteiger partial charge in [-0.1, -0.05) is 17.7 Å². The van der Waals surface area contributed by atoms with Gasteiger partial charge in [0.05, 0.1) is 0 Å². The Labute approximate surface area is 153 Å². The van der Waals surface area contributed by atoms with Gasteiger partial charge in [-0.3, -0.25) is 14.0 Å². The fourth-order valence-electron chi connectivity index (χ4n) is 3.64. The zero-order valence-electron chi connectivity index (χ0n) is 15.1. The van der Waals surface area contributed by atoms with E-state index >= 15 is 0 Å². The highest BCUT2D eigenvalue weighted by Gasteiger charge is 2.28. The molecule has 0 atom stereocenters. The van der Waals surface area contributed by atoms with Crippen molar-refractivity contribution in [2.24, 2.45) is 5.92 Å². The number of carbonyl (C=O) groups is 1. The normalized spacial score (nSPS) is 17.2. The third kappa shape index (κ3) is 3.71. The molecule has 2 heterocycles. The highest BCUT2D eigenvalue weighted by atomic mass is 16.2. The lowest BCUT2D eigenvalue weighted by Gasteiger charge is -2.24. The minimum absolute atomic E-state index is 0.173. The molecule has 0 N–H and O–H groups in total. The molecule has 0 spiro atoms. The molecule has 4 rings (SSSR count). The average Bonchev–Trinajstić information content (AvgIpc) is 3.50. The van der Waals surface area contributed by atoms with Gasteiger partial charge in [0.1, 0.15) is 11.2 Å². The number of rotatable bonds is 6. The second-order valence-electron chi connectivity index (χ2n) is 7.46. The van der Waals surface area contributed by atoms with Crippen LogP contribution in [0.4, 0.5) is 0 Å². The Balaban J connectivity index is 1.56. The van der Waals surface area contributed by atoms with E-state index in [1.165, 1.54) is 41.9 Å². The maximum absolute atomic E-state index is 13.1. The maximum atomic E-state index is 13.1. The van der Waals surface area contributed by atoms with E-state index in [-0.39, 0.29) is 17.0 Å². The molecule has 0 saturated heterocycles. The Hall–Kier alpha value is -2.43. The Morgan fingerprint density at radius 1 is 1.27 bits per heavy atom. The van der Waals surface area contributed by atoms with E-state index in [1.54, 1.807) is 18.3 Å². The lowest BCUT2D eigenvalue weighted by atomic mass is 9.97. The van der Waals surface area contributed by atoms with Crippen molar-refractivity contribution in [3.05, 3.63) is 58.2 Å². The fraction of sp³-hybridized carbons (Fsp3) is 0.476. The average molecular weight is 351 g/mol. The first-order valence-electron chi connectivity index (χ1n) is 9.66. The predicted octanol–water partition coefficient (Wildman–Crippen LogP) is 3.44. The molecule has 5 heteroatoms. The summed E-state index contributed by atoms with van der Waals surface area (Å²) in [6, 6.07) is 5.38. The molecule has 0 bridgehead atoms. The molecule has 2 aromatic heterocycles. The van der Waals surface area contributed by atoms with E-state index in [4.69, 9.17) is 0 Å². The van der Waals surface area contributed by atoms with Gasteiger partial charge in [-0.05, 0) is 63.0 Å². The monoisotopic (exact) mass is 351 g/mol. The van der Waals surface area contributed by atoms with Crippen molar-refractivity contribution < 1.29 is 4.79 Å². The molecule has 0 radical (unpaired) electrons. The number of aromatic nitrogens is 2. The first kappa shape index (κ1) is 17.0. The van der Waals surface area contributed by atoms with Crippen LogP contribution in [0.5, 0.6) is 0 Å². The number of carbonyl (C=O) groups excluding carboxylic acids is 1. The smallest absolute Gasteiger partial charge is 0.270 e. The van der Waals surface area contributed by atoms with Gasteiger partial charge < -0.3 is 4.90 Å². The Morgan fingerprint density at radius 3 is 2.92 bits per heavy atom. The van der Waals surface area contributed by atoms with Crippen molar-refractivity contribution in [1.82, 2.24) is 14.3 Å². The largest absolute Gasteiger partial charge is 0.338 e. The second kappa shape index (κ2) is 7.44. The topological polar surface area (TPSA) is 54.7 Å². The van der Waals surface area contributed by atoms with Crippen LogP contribution in [0.2, 0.25) is 0 Å². The molecule has 5 nitrogen and oxygen atoms in total. The SMILES string of the molecule is O=C(c1cnc2ccccn2c1=O)N(CCC1=CCCCC1)CC1CC1. The Bertz CT molecular complexity index is 896. The summed E-state index contributed by atoms with van der Waals surface area (Å²) in [7, 11) is 0. The van der Waals surface area contributed by atoms with E-state index in [2.05, 4.69) is 11.1 Å². The number of hydrogen-bond donors (Lipinski definition) is 0. The highest BCUT2D eigenvalue weighted by molar-refractivity contribution is 5.93. The van der Waals surface area contributed by atoms with Crippen LogP contribution in [-0.4, -0.2) is 33.3 Å². The molecular weight excluding hydrogens is 326 g/mol. The van der Waals surface area contributed by atoms with Crippen molar-refractivity contribution in [1.29, 1.82) is 0 Å². The predicted molar refractivity (Wildman–Crippen MR) is 101 cm³/mol. The van der Waals surface area contributed by atoms with E-state index in [0.29, 0.717) is 18.1 Å². The second-order valence-corrected chi connectivity index (χ2v) is 7.46. The summed E-state index contributed by atoms with van der Waals surface area (Å²) < 4.78 is 1.45. The minimum Gasteiger partial charge on any atom is -0.338 e.